The fraction of sp³-hybridized carbons (Fsp3) is 0.0625. The molecule has 4 nitrogen and oxygen atoms in total. The molecule has 0 amide bonds. The quantitative estimate of drug-likeness (QED) is 0.784. The molecule has 3 aromatic rings. The van der Waals surface area contributed by atoms with Gasteiger partial charge in [0.2, 0.25) is 0 Å². The zero-order valence-electron chi connectivity index (χ0n) is 10.8. The van der Waals surface area contributed by atoms with Crippen molar-refractivity contribution in [2.45, 2.75) is 0 Å². The molecule has 1 aromatic heterocycles. The molecule has 3 rings (SSSR count). The lowest BCUT2D eigenvalue weighted by Gasteiger charge is -2.01. The molecule has 1 N–H and O–H groups in total. The van der Waals surface area contributed by atoms with Gasteiger partial charge in [0.25, 0.3) is 0 Å². The van der Waals surface area contributed by atoms with E-state index >= 15 is 0 Å². The summed E-state index contributed by atoms with van der Waals surface area (Å²) in [6.45, 7) is 0. The predicted octanol–water partition coefficient (Wildman–Crippen LogP) is 3.81. The minimum Gasteiger partial charge on any atom is -0.497 e. The van der Waals surface area contributed by atoms with Crippen LogP contribution in [-0.2, 0) is 0 Å². The van der Waals surface area contributed by atoms with E-state index in [0.717, 1.165) is 5.56 Å². The van der Waals surface area contributed by atoms with Crippen LogP contribution in [0.15, 0.2) is 52.9 Å². The first kappa shape index (κ1) is 12.3. The van der Waals surface area contributed by atoms with Crippen molar-refractivity contribution in [1.82, 2.24) is 0 Å². The molecule has 0 aliphatic carbocycles. The van der Waals surface area contributed by atoms with Crippen molar-refractivity contribution in [3.05, 3.63) is 54.1 Å². The molecule has 20 heavy (non-hydrogen) atoms. The van der Waals surface area contributed by atoms with Crippen molar-refractivity contribution in [2.75, 3.05) is 7.11 Å². The number of ether oxygens (including phenoxy) is 1. The number of furan rings is 1. The van der Waals surface area contributed by atoms with E-state index in [0.29, 0.717) is 22.5 Å². The summed E-state index contributed by atoms with van der Waals surface area (Å²) in [4.78, 5) is 11.3. The van der Waals surface area contributed by atoms with E-state index in [1.807, 2.05) is 36.4 Å². The van der Waals surface area contributed by atoms with Crippen LogP contribution in [0.5, 0.6) is 5.75 Å². The maximum atomic E-state index is 11.3. The van der Waals surface area contributed by atoms with Gasteiger partial charge in [-0.05, 0) is 18.2 Å². The molecule has 100 valence electrons. The highest BCUT2D eigenvalue weighted by molar-refractivity contribution is 6.03. The molecule has 4 heteroatoms. The van der Waals surface area contributed by atoms with E-state index in [2.05, 4.69) is 0 Å². The van der Waals surface area contributed by atoms with Crippen LogP contribution >= 0.6 is 0 Å². The Balaban J connectivity index is 2.25. The highest BCUT2D eigenvalue weighted by atomic mass is 16.5. The van der Waals surface area contributed by atoms with E-state index in [4.69, 9.17) is 9.15 Å². The maximum absolute atomic E-state index is 11.3. The van der Waals surface area contributed by atoms with Crippen molar-refractivity contribution in [2.24, 2.45) is 0 Å². The van der Waals surface area contributed by atoms with Gasteiger partial charge in [0.1, 0.15) is 22.7 Å². The number of aromatic carboxylic acids is 1. The number of rotatable bonds is 3. The molecule has 0 atom stereocenters. The number of methoxy groups -OCH3 is 1. The first-order chi connectivity index (χ1) is 9.69. The van der Waals surface area contributed by atoms with Gasteiger partial charge in [0, 0.05) is 10.9 Å². The number of carbonyl (C=O) groups is 1. The number of fused-ring (bicyclic) bond motifs is 1. The number of carboxylic acid groups (broad SMARTS) is 1. The molecular formula is C16H12O4. The van der Waals surface area contributed by atoms with E-state index in [1.165, 1.54) is 13.2 Å². The van der Waals surface area contributed by atoms with Crippen LogP contribution in [0.4, 0.5) is 0 Å². The summed E-state index contributed by atoms with van der Waals surface area (Å²) in [6.07, 6.45) is 0. The van der Waals surface area contributed by atoms with E-state index in [1.54, 1.807) is 6.07 Å². The molecule has 0 fully saturated rings. The molecule has 0 saturated carbocycles. The lowest BCUT2D eigenvalue weighted by Crippen LogP contribution is -1.97. The summed E-state index contributed by atoms with van der Waals surface area (Å²) in [5.74, 6) is 0.0922. The average Bonchev–Trinajstić information content (AvgIpc) is 2.90. The highest BCUT2D eigenvalue weighted by Crippen LogP contribution is 2.32. The van der Waals surface area contributed by atoms with E-state index < -0.39 is 5.97 Å². The molecule has 0 radical (unpaired) electrons. The Morgan fingerprint density at radius 2 is 1.90 bits per heavy atom. The Morgan fingerprint density at radius 3 is 2.55 bits per heavy atom. The number of carboxylic acids is 1. The summed E-state index contributed by atoms with van der Waals surface area (Å²) in [5.41, 5.74) is 1.36. The van der Waals surface area contributed by atoms with Crippen molar-refractivity contribution >= 4 is 16.9 Å². The standard InChI is InChI=1S/C16H12O4/c1-19-12-7-11-8-14(10-5-3-2-4-6-10)20-15(11)13(9-12)16(17)18/h2-9H,1H3,(H,17,18). The molecular weight excluding hydrogens is 256 g/mol. The van der Waals surface area contributed by atoms with Gasteiger partial charge in [-0.3, -0.25) is 0 Å². The van der Waals surface area contributed by atoms with Gasteiger partial charge in [0.05, 0.1) is 7.11 Å². The second-order valence-electron chi connectivity index (χ2n) is 4.38. The predicted molar refractivity (Wildman–Crippen MR) is 75.2 cm³/mol. The van der Waals surface area contributed by atoms with Crippen LogP contribution in [0.2, 0.25) is 0 Å². The zero-order valence-corrected chi connectivity index (χ0v) is 10.8. The fourth-order valence-corrected chi connectivity index (χ4v) is 2.15. The topological polar surface area (TPSA) is 59.7 Å². The molecule has 0 saturated heterocycles. The van der Waals surface area contributed by atoms with Crippen LogP contribution in [0.25, 0.3) is 22.3 Å². The largest absolute Gasteiger partial charge is 0.497 e. The van der Waals surface area contributed by atoms with Crippen LogP contribution in [0.1, 0.15) is 10.4 Å². The number of hydrogen-bond acceptors (Lipinski definition) is 3. The smallest absolute Gasteiger partial charge is 0.339 e. The normalized spacial score (nSPS) is 10.7. The van der Waals surface area contributed by atoms with Gasteiger partial charge >= 0.3 is 5.97 Å². The van der Waals surface area contributed by atoms with Gasteiger partial charge in [-0.15, -0.1) is 0 Å². The van der Waals surface area contributed by atoms with E-state index in [9.17, 15) is 9.90 Å². The Labute approximate surface area is 115 Å². The highest BCUT2D eigenvalue weighted by Gasteiger charge is 2.16. The Hall–Kier alpha value is -2.75. The third-order valence-electron chi connectivity index (χ3n) is 3.11. The Morgan fingerprint density at radius 1 is 1.15 bits per heavy atom. The molecule has 1 heterocycles. The third kappa shape index (κ3) is 2.01. The Kier molecular flexibility index (Phi) is 2.91. The fourth-order valence-electron chi connectivity index (χ4n) is 2.15. The molecule has 0 aliphatic heterocycles. The maximum Gasteiger partial charge on any atom is 0.339 e. The molecule has 0 bridgehead atoms. The first-order valence-corrected chi connectivity index (χ1v) is 6.09. The van der Waals surface area contributed by atoms with Crippen LogP contribution < -0.4 is 4.74 Å². The van der Waals surface area contributed by atoms with Gasteiger partial charge < -0.3 is 14.3 Å². The third-order valence-corrected chi connectivity index (χ3v) is 3.11. The van der Waals surface area contributed by atoms with Crippen LogP contribution in [0, 0.1) is 0 Å². The van der Waals surface area contributed by atoms with Gasteiger partial charge in [-0.1, -0.05) is 30.3 Å². The summed E-state index contributed by atoms with van der Waals surface area (Å²) in [6, 6.07) is 14.6. The number of benzene rings is 2. The summed E-state index contributed by atoms with van der Waals surface area (Å²) in [7, 11) is 1.50. The van der Waals surface area contributed by atoms with Crippen LogP contribution in [0.3, 0.4) is 0 Å². The number of hydrogen-bond donors (Lipinski definition) is 1. The summed E-state index contributed by atoms with van der Waals surface area (Å²) in [5, 5.41) is 9.98. The van der Waals surface area contributed by atoms with E-state index in [-0.39, 0.29) is 5.56 Å². The van der Waals surface area contributed by atoms with Crippen molar-refractivity contribution < 1.29 is 19.1 Å². The summed E-state index contributed by atoms with van der Waals surface area (Å²) < 4.78 is 10.8. The molecule has 2 aromatic carbocycles. The second-order valence-corrected chi connectivity index (χ2v) is 4.38. The van der Waals surface area contributed by atoms with Crippen molar-refractivity contribution in [3.8, 4) is 17.1 Å². The molecule has 0 unspecified atom stereocenters. The van der Waals surface area contributed by atoms with Crippen molar-refractivity contribution in [1.29, 1.82) is 0 Å². The lowest BCUT2D eigenvalue weighted by atomic mass is 10.1. The minimum atomic E-state index is -1.04. The monoisotopic (exact) mass is 268 g/mol. The average molecular weight is 268 g/mol. The Bertz CT molecular complexity index is 772. The van der Waals surface area contributed by atoms with Gasteiger partial charge in [-0.2, -0.15) is 0 Å². The van der Waals surface area contributed by atoms with Gasteiger partial charge in [-0.25, -0.2) is 4.79 Å². The molecule has 0 spiro atoms. The lowest BCUT2D eigenvalue weighted by molar-refractivity contribution is 0.0697. The molecule has 0 aliphatic rings. The van der Waals surface area contributed by atoms with Gasteiger partial charge in [0.15, 0.2) is 0 Å². The second kappa shape index (κ2) is 4.74. The van der Waals surface area contributed by atoms with Crippen molar-refractivity contribution in [3.63, 3.8) is 0 Å². The summed E-state index contributed by atoms with van der Waals surface area (Å²) >= 11 is 0. The first-order valence-electron chi connectivity index (χ1n) is 6.09. The SMILES string of the molecule is COc1cc(C(=O)O)c2oc(-c3ccccc3)cc2c1. The van der Waals surface area contributed by atoms with Crippen LogP contribution in [-0.4, -0.2) is 18.2 Å². The zero-order chi connectivity index (χ0) is 14.1. The minimum absolute atomic E-state index is 0.0986.